The average Bonchev–Trinajstić information content (AvgIpc) is 2.29. The molecule has 0 bridgehead atoms. The van der Waals surface area contributed by atoms with Gasteiger partial charge in [0.2, 0.25) is 0 Å². The first-order valence-electron chi connectivity index (χ1n) is 4.85. The Hall–Kier alpha value is -1.75. The van der Waals surface area contributed by atoms with E-state index in [4.69, 9.17) is 19.9 Å². The van der Waals surface area contributed by atoms with Crippen molar-refractivity contribution >= 4 is 11.7 Å². The van der Waals surface area contributed by atoms with E-state index < -0.39 is 5.97 Å². The lowest BCUT2D eigenvalue weighted by atomic mass is 10.3. The summed E-state index contributed by atoms with van der Waals surface area (Å²) in [6.45, 7) is 0.502. The summed E-state index contributed by atoms with van der Waals surface area (Å²) < 4.78 is 14.7. The summed E-state index contributed by atoms with van der Waals surface area (Å²) in [7, 11) is 1.54. The van der Waals surface area contributed by atoms with Gasteiger partial charge in [0.05, 0.1) is 6.61 Å². The number of esters is 1. The molecule has 5 nitrogen and oxygen atoms in total. The highest BCUT2D eigenvalue weighted by Crippen LogP contribution is 2.12. The standard InChI is InChI=1S/C11H15NO4/c1-14-6-7-15-11(13)8-16-10-4-2-9(12)3-5-10/h2-5H,6-8,12H2,1H3. The van der Waals surface area contributed by atoms with Crippen LogP contribution in [0.3, 0.4) is 0 Å². The third-order valence-electron chi connectivity index (χ3n) is 1.79. The first-order valence-corrected chi connectivity index (χ1v) is 4.85. The van der Waals surface area contributed by atoms with Gasteiger partial charge in [-0.05, 0) is 24.3 Å². The van der Waals surface area contributed by atoms with E-state index >= 15 is 0 Å². The van der Waals surface area contributed by atoms with Gasteiger partial charge < -0.3 is 19.9 Å². The fraction of sp³-hybridized carbons (Fsp3) is 0.364. The first kappa shape index (κ1) is 12.3. The fourth-order valence-electron chi connectivity index (χ4n) is 0.987. The second-order valence-corrected chi connectivity index (χ2v) is 3.07. The van der Waals surface area contributed by atoms with Gasteiger partial charge >= 0.3 is 5.97 Å². The number of rotatable bonds is 6. The highest BCUT2D eigenvalue weighted by Gasteiger charge is 2.03. The number of nitrogen functional groups attached to an aromatic ring is 1. The Balaban J connectivity index is 2.23. The SMILES string of the molecule is COCCOC(=O)COc1ccc(N)cc1. The number of carbonyl (C=O) groups is 1. The highest BCUT2D eigenvalue weighted by atomic mass is 16.6. The van der Waals surface area contributed by atoms with Crippen LogP contribution >= 0.6 is 0 Å². The van der Waals surface area contributed by atoms with Crippen LogP contribution in [0.15, 0.2) is 24.3 Å². The minimum atomic E-state index is -0.422. The molecule has 88 valence electrons. The zero-order valence-electron chi connectivity index (χ0n) is 9.14. The first-order chi connectivity index (χ1) is 7.72. The van der Waals surface area contributed by atoms with Crippen molar-refractivity contribution in [1.82, 2.24) is 0 Å². The molecule has 0 spiro atoms. The monoisotopic (exact) mass is 225 g/mol. The van der Waals surface area contributed by atoms with E-state index in [0.29, 0.717) is 18.0 Å². The van der Waals surface area contributed by atoms with Gasteiger partial charge in [-0.1, -0.05) is 0 Å². The average molecular weight is 225 g/mol. The molecule has 0 radical (unpaired) electrons. The minimum absolute atomic E-state index is 0.117. The molecule has 0 heterocycles. The lowest BCUT2D eigenvalue weighted by Crippen LogP contribution is -2.17. The summed E-state index contributed by atoms with van der Waals surface area (Å²) in [6, 6.07) is 6.78. The van der Waals surface area contributed by atoms with Gasteiger partial charge in [0.25, 0.3) is 0 Å². The maximum absolute atomic E-state index is 11.1. The number of ether oxygens (including phenoxy) is 3. The second-order valence-electron chi connectivity index (χ2n) is 3.07. The molecule has 0 saturated heterocycles. The summed E-state index contributed by atoms with van der Waals surface area (Å²) in [5.41, 5.74) is 6.15. The van der Waals surface area contributed by atoms with E-state index in [1.54, 1.807) is 31.4 Å². The molecule has 16 heavy (non-hydrogen) atoms. The van der Waals surface area contributed by atoms with Crippen LogP contribution in [0, 0.1) is 0 Å². The summed E-state index contributed by atoms with van der Waals surface area (Å²) in [4.78, 5) is 11.1. The van der Waals surface area contributed by atoms with Crippen LogP contribution in [0.4, 0.5) is 5.69 Å². The molecule has 2 N–H and O–H groups in total. The van der Waals surface area contributed by atoms with Crippen LogP contribution in [0.1, 0.15) is 0 Å². The lowest BCUT2D eigenvalue weighted by Gasteiger charge is -2.06. The van der Waals surface area contributed by atoms with Gasteiger partial charge in [-0.3, -0.25) is 0 Å². The van der Waals surface area contributed by atoms with Crippen molar-refractivity contribution in [2.75, 3.05) is 32.7 Å². The molecule has 0 unspecified atom stereocenters. The van der Waals surface area contributed by atoms with Crippen LogP contribution < -0.4 is 10.5 Å². The van der Waals surface area contributed by atoms with E-state index in [1.165, 1.54) is 0 Å². The lowest BCUT2D eigenvalue weighted by molar-refractivity contribution is -0.147. The minimum Gasteiger partial charge on any atom is -0.482 e. The normalized spacial score (nSPS) is 9.81. The maximum Gasteiger partial charge on any atom is 0.344 e. The van der Waals surface area contributed by atoms with E-state index in [9.17, 15) is 4.79 Å². The number of anilines is 1. The number of hydrogen-bond donors (Lipinski definition) is 1. The predicted molar refractivity (Wildman–Crippen MR) is 59.2 cm³/mol. The van der Waals surface area contributed by atoms with Crippen molar-refractivity contribution < 1.29 is 19.0 Å². The number of benzene rings is 1. The molecule has 0 aliphatic rings. The van der Waals surface area contributed by atoms with E-state index in [1.807, 2.05) is 0 Å². The van der Waals surface area contributed by atoms with Crippen LogP contribution in [-0.2, 0) is 14.3 Å². The smallest absolute Gasteiger partial charge is 0.344 e. The van der Waals surface area contributed by atoms with Crippen molar-refractivity contribution in [2.45, 2.75) is 0 Å². The molecule has 0 atom stereocenters. The molecule has 0 aromatic heterocycles. The summed E-state index contributed by atoms with van der Waals surface area (Å²) in [5, 5.41) is 0. The quantitative estimate of drug-likeness (QED) is 0.441. The summed E-state index contributed by atoms with van der Waals surface area (Å²) in [5.74, 6) is 0.159. The van der Waals surface area contributed by atoms with Crippen LogP contribution in [0.5, 0.6) is 5.75 Å². The highest BCUT2D eigenvalue weighted by molar-refractivity contribution is 5.71. The van der Waals surface area contributed by atoms with Crippen molar-refractivity contribution in [3.8, 4) is 5.75 Å². The number of methoxy groups -OCH3 is 1. The molecule has 0 amide bonds. The van der Waals surface area contributed by atoms with Gasteiger partial charge in [0.1, 0.15) is 12.4 Å². The molecule has 0 saturated carbocycles. The predicted octanol–water partition coefficient (Wildman–Crippen LogP) is 0.837. The molecule has 0 fully saturated rings. The largest absolute Gasteiger partial charge is 0.482 e. The van der Waals surface area contributed by atoms with Gasteiger partial charge in [0.15, 0.2) is 6.61 Å². The van der Waals surface area contributed by atoms with E-state index in [0.717, 1.165) is 0 Å². The van der Waals surface area contributed by atoms with Gasteiger partial charge in [-0.2, -0.15) is 0 Å². The Morgan fingerprint density at radius 2 is 1.94 bits per heavy atom. The molecular formula is C11H15NO4. The third-order valence-corrected chi connectivity index (χ3v) is 1.79. The van der Waals surface area contributed by atoms with Gasteiger partial charge in [0, 0.05) is 12.8 Å². The molecule has 5 heteroatoms. The molecule has 1 aromatic carbocycles. The number of carbonyl (C=O) groups excluding carboxylic acids is 1. The Bertz CT molecular complexity index is 323. The van der Waals surface area contributed by atoms with E-state index in [-0.39, 0.29) is 13.2 Å². The zero-order chi connectivity index (χ0) is 11.8. The Morgan fingerprint density at radius 1 is 1.25 bits per heavy atom. The maximum atomic E-state index is 11.1. The Morgan fingerprint density at radius 3 is 2.56 bits per heavy atom. The third kappa shape index (κ3) is 4.65. The molecule has 0 aliphatic carbocycles. The zero-order valence-corrected chi connectivity index (χ0v) is 9.14. The Kier molecular flexibility index (Phi) is 5.15. The molecule has 1 aromatic rings. The topological polar surface area (TPSA) is 70.8 Å². The number of hydrogen-bond acceptors (Lipinski definition) is 5. The number of nitrogens with two attached hydrogens (primary N) is 1. The van der Waals surface area contributed by atoms with Crippen LogP contribution in [-0.4, -0.2) is 32.9 Å². The van der Waals surface area contributed by atoms with E-state index in [2.05, 4.69) is 0 Å². The Labute approximate surface area is 94.1 Å². The second kappa shape index (κ2) is 6.68. The van der Waals surface area contributed by atoms with Crippen molar-refractivity contribution in [2.24, 2.45) is 0 Å². The van der Waals surface area contributed by atoms with Gasteiger partial charge in [-0.15, -0.1) is 0 Å². The molecule has 1 rings (SSSR count). The molecule has 0 aliphatic heterocycles. The van der Waals surface area contributed by atoms with Crippen molar-refractivity contribution in [3.05, 3.63) is 24.3 Å². The molecular weight excluding hydrogens is 210 g/mol. The van der Waals surface area contributed by atoms with Crippen LogP contribution in [0.25, 0.3) is 0 Å². The summed E-state index contributed by atoms with van der Waals surface area (Å²) in [6.07, 6.45) is 0. The fourth-order valence-corrected chi connectivity index (χ4v) is 0.987. The van der Waals surface area contributed by atoms with Crippen LogP contribution in [0.2, 0.25) is 0 Å². The van der Waals surface area contributed by atoms with Crippen molar-refractivity contribution in [3.63, 3.8) is 0 Å². The van der Waals surface area contributed by atoms with Crippen molar-refractivity contribution in [1.29, 1.82) is 0 Å². The van der Waals surface area contributed by atoms with Gasteiger partial charge in [-0.25, -0.2) is 4.79 Å². The summed E-state index contributed by atoms with van der Waals surface area (Å²) >= 11 is 0.